The number of amides is 2. The van der Waals surface area contributed by atoms with Crippen LogP contribution in [0.3, 0.4) is 0 Å². The van der Waals surface area contributed by atoms with Crippen LogP contribution in [0.4, 0.5) is 0 Å². The van der Waals surface area contributed by atoms with Gasteiger partial charge in [-0.2, -0.15) is 0 Å². The second-order valence-corrected chi connectivity index (χ2v) is 10.9. The summed E-state index contributed by atoms with van der Waals surface area (Å²) in [6.07, 6.45) is 6.84. The van der Waals surface area contributed by atoms with Crippen LogP contribution in [0.5, 0.6) is 0 Å². The molecular weight excluding hydrogens is 516 g/mol. The number of fused-ring (bicyclic) bond motifs is 1. The number of aliphatic hydroxyl groups is 1. The SMILES string of the molecule is C=CCCC[C@H](Cc1ccccc1)C(=O)O[C@@H](C)CNC(=O)[C@H](CC=C)CC(=O)N1Cc2ccccc2C[C@H]1CO. The summed E-state index contributed by atoms with van der Waals surface area (Å²) in [5, 5.41) is 12.8. The Morgan fingerprint density at radius 3 is 2.44 bits per heavy atom. The molecule has 0 spiro atoms. The average molecular weight is 561 g/mol. The number of ether oxygens (including phenoxy) is 1. The van der Waals surface area contributed by atoms with Crippen LogP contribution in [0, 0.1) is 11.8 Å². The first kappa shape index (κ1) is 31.8. The third-order valence-corrected chi connectivity index (χ3v) is 7.63. The molecule has 0 unspecified atom stereocenters. The lowest BCUT2D eigenvalue weighted by molar-refractivity contribution is -0.153. The Morgan fingerprint density at radius 2 is 1.76 bits per heavy atom. The topological polar surface area (TPSA) is 95.9 Å². The fraction of sp³-hybridized carbons (Fsp3) is 0.441. The molecule has 0 radical (unpaired) electrons. The van der Waals surface area contributed by atoms with Gasteiger partial charge in [-0.05, 0) is 62.1 Å². The van der Waals surface area contributed by atoms with E-state index in [0.717, 1.165) is 29.5 Å². The highest BCUT2D eigenvalue weighted by atomic mass is 16.5. The molecule has 0 saturated heterocycles. The van der Waals surface area contributed by atoms with Crippen LogP contribution in [-0.4, -0.2) is 53.1 Å². The molecule has 0 aliphatic carbocycles. The number of esters is 1. The normalized spacial score (nSPS) is 16.5. The van der Waals surface area contributed by atoms with Crippen molar-refractivity contribution in [1.82, 2.24) is 10.2 Å². The molecule has 2 aromatic rings. The summed E-state index contributed by atoms with van der Waals surface area (Å²) in [7, 11) is 0. The maximum absolute atomic E-state index is 13.3. The molecule has 0 fully saturated rings. The Bertz CT molecular complexity index is 1160. The summed E-state index contributed by atoms with van der Waals surface area (Å²) in [4.78, 5) is 41.2. The fourth-order valence-corrected chi connectivity index (χ4v) is 5.29. The number of hydrogen-bond acceptors (Lipinski definition) is 5. The quantitative estimate of drug-likeness (QED) is 0.175. The molecule has 0 bridgehead atoms. The van der Waals surface area contributed by atoms with E-state index in [9.17, 15) is 19.5 Å². The first-order valence-corrected chi connectivity index (χ1v) is 14.6. The number of hydrogen-bond donors (Lipinski definition) is 2. The van der Waals surface area contributed by atoms with Gasteiger partial charge in [0.05, 0.1) is 31.0 Å². The Hall–Kier alpha value is -3.71. The van der Waals surface area contributed by atoms with Gasteiger partial charge in [0.2, 0.25) is 11.8 Å². The van der Waals surface area contributed by atoms with Gasteiger partial charge in [0, 0.05) is 13.0 Å². The van der Waals surface area contributed by atoms with E-state index < -0.39 is 12.0 Å². The highest BCUT2D eigenvalue weighted by molar-refractivity contribution is 5.86. The molecule has 2 aromatic carbocycles. The van der Waals surface area contributed by atoms with Crippen molar-refractivity contribution in [2.24, 2.45) is 11.8 Å². The number of carbonyl (C=O) groups excluding carboxylic acids is 3. The second kappa shape index (κ2) is 16.5. The van der Waals surface area contributed by atoms with Gasteiger partial charge in [0.1, 0.15) is 6.10 Å². The standard InChI is InChI=1S/C34H44N2O5/c1-4-6-8-17-29(19-26-14-9-7-10-15-26)34(40)41-25(3)22-35-33(39)28(13-5-2)21-32(38)36-23-30-18-12-11-16-27(30)20-31(36)24-37/h4-5,7,9-12,14-16,18,25,28-29,31,37H,1-2,6,8,13,17,19-24H2,3H3,(H,35,39)/t25-,28+,29+,31-/m0/s1. The molecule has 0 saturated carbocycles. The molecule has 220 valence electrons. The molecule has 1 aliphatic rings. The molecule has 0 aromatic heterocycles. The highest BCUT2D eigenvalue weighted by Gasteiger charge is 2.32. The third kappa shape index (κ3) is 9.71. The molecule has 2 amide bonds. The van der Waals surface area contributed by atoms with Crippen LogP contribution in [0.2, 0.25) is 0 Å². The minimum atomic E-state index is -0.607. The van der Waals surface area contributed by atoms with E-state index in [4.69, 9.17) is 4.74 Å². The molecule has 1 aliphatic heterocycles. The smallest absolute Gasteiger partial charge is 0.309 e. The van der Waals surface area contributed by atoms with Crippen molar-refractivity contribution in [1.29, 1.82) is 0 Å². The predicted octanol–water partition coefficient (Wildman–Crippen LogP) is 4.78. The second-order valence-electron chi connectivity index (χ2n) is 10.9. The number of nitrogens with one attached hydrogen (secondary N) is 1. The summed E-state index contributed by atoms with van der Waals surface area (Å²) in [6.45, 7) is 9.70. The summed E-state index contributed by atoms with van der Waals surface area (Å²) in [5.74, 6) is -1.63. The van der Waals surface area contributed by atoms with E-state index >= 15 is 0 Å². The van der Waals surface area contributed by atoms with Crippen LogP contribution in [-0.2, 0) is 38.5 Å². The Morgan fingerprint density at radius 1 is 1.05 bits per heavy atom. The number of rotatable bonds is 16. The van der Waals surface area contributed by atoms with Crippen LogP contribution in [0.1, 0.15) is 55.7 Å². The van der Waals surface area contributed by atoms with Crippen molar-refractivity contribution in [2.45, 2.75) is 70.6 Å². The van der Waals surface area contributed by atoms with E-state index in [1.165, 1.54) is 0 Å². The maximum atomic E-state index is 13.3. The molecule has 4 atom stereocenters. The number of allylic oxidation sites excluding steroid dienone is 2. The maximum Gasteiger partial charge on any atom is 0.309 e. The van der Waals surface area contributed by atoms with E-state index in [2.05, 4.69) is 18.5 Å². The number of carbonyl (C=O) groups is 3. The number of nitrogens with zero attached hydrogens (tertiary/aromatic N) is 1. The predicted molar refractivity (Wildman–Crippen MR) is 161 cm³/mol. The molecule has 3 rings (SSSR count). The summed E-state index contributed by atoms with van der Waals surface area (Å²) < 4.78 is 5.74. The van der Waals surface area contributed by atoms with Crippen LogP contribution in [0.25, 0.3) is 0 Å². The highest BCUT2D eigenvalue weighted by Crippen LogP contribution is 2.25. The molecule has 7 nitrogen and oxygen atoms in total. The Balaban J connectivity index is 1.55. The van der Waals surface area contributed by atoms with Gasteiger partial charge in [-0.25, -0.2) is 0 Å². The van der Waals surface area contributed by atoms with E-state index in [0.29, 0.717) is 32.2 Å². The molecule has 2 N–H and O–H groups in total. The first-order valence-electron chi connectivity index (χ1n) is 14.6. The first-order chi connectivity index (χ1) is 19.9. The van der Waals surface area contributed by atoms with Crippen LogP contribution in [0.15, 0.2) is 79.9 Å². The van der Waals surface area contributed by atoms with E-state index in [-0.39, 0.29) is 49.3 Å². The van der Waals surface area contributed by atoms with Gasteiger partial charge in [-0.1, -0.05) is 66.7 Å². The Kier molecular flexibility index (Phi) is 12.8. The monoisotopic (exact) mass is 560 g/mol. The number of unbranched alkanes of at least 4 members (excludes halogenated alkanes) is 1. The van der Waals surface area contributed by atoms with Crippen molar-refractivity contribution >= 4 is 17.8 Å². The molecular formula is C34H44N2O5. The van der Waals surface area contributed by atoms with Gasteiger partial charge in [0.25, 0.3) is 0 Å². The molecule has 7 heteroatoms. The average Bonchev–Trinajstić information content (AvgIpc) is 2.98. The van der Waals surface area contributed by atoms with Gasteiger partial charge >= 0.3 is 5.97 Å². The fourth-order valence-electron chi connectivity index (χ4n) is 5.29. The summed E-state index contributed by atoms with van der Waals surface area (Å²) in [6, 6.07) is 17.5. The van der Waals surface area contributed by atoms with E-state index in [1.54, 1.807) is 17.9 Å². The van der Waals surface area contributed by atoms with Crippen molar-refractivity contribution in [3.63, 3.8) is 0 Å². The lowest BCUT2D eigenvalue weighted by Gasteiger charge is -2.36. The molecule has 1 heterocycles. The third-order valence-electron chi connectivity index (χ3n) is 7.63. The van der Waals surface area contributed by atoms with E-state index in [1.807, 2.05) is 60.7 Å². The lowest BCUT2D eigenvalue weighted by Crippen LogP contribution is -2.47. The Labute approximate surface area is 244 Å². The largest absolute Gasteiger partial charge is 0.461 e. The van der Waals surface area contributed by atoms with Crippen molar-refractivity contribution in [2.75, 3.05) is 13.2 Å². The molecule has 41 heavy (non-hydrogen) atoms. The number of aliphatic hydroxyl groups excluding tert-OH is 1. The number of benzene rings is 2. The zero-order valence-corrected chi connectivity index (χ0v) is 24.2. The zero-order valence-electron chi connectivity index (χ0n) is 24.2. The van der Waals surface area contributed by atoms with Gasteiger partial charge in [0.15, 0.2) is 0 Å². The zero-order chi connectivity index (χ0) is 29.6. The van der Waals surface area contributed by atoms with Crippen molar-refractivity contribution in [3.05, 3.63) is 96.6 Å². The minimum absolute atomic E-state index is 0.00709. The summed E-state index contributed by atoms with van der Waals surface area (Å²) >= 11 is 0. The van der Waals surface area contributed by atoms with Gasteiger partial charge < -0.3 is 20.1 Å². The minimum Gasteiger partial charge on any atom is -0.461 e. The lowest BCUT2D eigenvalue weighted by atomic mass is 9.92. The van der Waals surface area contributed by atoms with Gasteiger partial charge in [-0.3, -0.25) is 14.4 Å². The van der Waals surface area contributed by atoms with Crippen molar-refractivity contribution in [3.8, 4) is 0 Å². The summed E-state index contributed by atoms with van der Waals surface area (Å²) in [5.41, 5.74) is 3.26. The van der Waals surface area contributed by atoms with Crippen LogP contribution < -0.4 is 5.32 Å². The van der Waals surface area contributed by atoms with Crippen molar-refractivity contribution < 1.29 is 24.2 Å². The van der Waals surface area contributed by atoms with Gasteiger partial charge in [-0.15, -0.1) is 13.2 Å². The van der Waals surface area contributed by atoms with Crippen LogP contribution >= 0.6 is 0 Å².